The van der Waals surface area contributed by atoms with Gasteiger partial charge in [-0.3, -0.25) is 0 Å². The van der Waals surface area contributed by atoms with Gasteiger partial charge in [-0.05, 0) is 127 Å². The van der Waals surface area contributed by atoms with E-state index in [9.17, 15) is 0 Å². The van der Waals surface area contributed by atoms with E-state index in [1.54, 1.807) is 0 Å². The van der Waals surface area contributed by atoms with Crippen molar-refractivity contribution in [1.82, 2.24) is 0 Å². The Hall–Kier alpha value is -7.25. The Morgan fingerprint density at radius 3 is 1.36 bits per heavy atom. The highest BCUT2D eigenvalue weighted by Gasteiger charge is 2.53. The highest BCUT2D eigenvalue weighted by atomic mass is 28.3. The Morgan fingerprint density at radius 2 is 0.791 bits per heavy atom. The van der Waals surface area contributed by atoms with Crippen molar-refractivity contribution in [3.8, 4) is 22.3 Å². The molecule has 324 valence electrons. The molecule has 0 aliphatic heterocycles. The van der Waals surface area contributed by atoms with Crippen LogP contribution in [0.1, 0.15) is 22.3 Å². The minimum absolute atomic E-state index is 0.576. The van der Waals surface area contributed by atoms with E-state index in [1.807, 2.05) is 0 Å². The van der Waals surface area contributed by atoms with Crippen molar-refractivity contribution in [2.24, 2.45) is 0 Å². The third kappa shape index (κ3) is 6.42. The lowest BCUT2D eigenvalue weighted by atomic mass is 9.69. The van der Waals surface area contributed by atoms with E-state index in [2.05, 4.69) is 267 Å². The molecule has 0 amide bonds. The second-order valence-electron chi connectivity index (χ2n) is 20.5. The van der Waals surface area contributed by atoms with E-state index in [1.165, 1.54) is 82.1 Å². The van der Waals surface area contributed by atoms with Gasteiger partial charge in [0.1, 0.15) is 0 Å². The van der Waals surface area contributed by atoms with E-state index in [4.69, 9.17) is 0 Å². The highest BCUT2D eigenvalue weighted by molar-refractivity contribution is 6.89. The summed E-state index contributed by atoms with van der Waals surface area (Å²) in [5.74, 6) is 0. The van der Waals surface area contributed by atoms with Crippen LogP contribution in [0.2, 0.25) is 39.3 Å². The van der Waals surface area contributed by atoms with Crippen LogP contribution >= 0.6 is 0 Å². The maximum absolute atomic E-state index is 2.57. The fraction of sp³-hybridized carbons (Fsp3) is 0.111. The molecule has 4 heteroatoms. The maximum Gasteiger partial charge on any atom is 0.0775 e. The van der Waals surface area contributed by atoms with Gasteiger partial charge in [0.2, 0.25) is 0 Å². The van der Waals surface area contributed by atoms with Crippen LogP contribution in [0.25, 0.3) is 43.8 Å². The number of fused-ring (bicyclic) bond motifs is 14. The Bertz CT molecular complexity index is 3480. The summed E-state index contributed by atoms with van der Waals surface area (Å²) in [6, 6.07) is 82.7. The maximum atomic E-state index is 2.57. The number of para-hydroxylation sites is 2. The Balaban J connectivity index is 1.14. The predicted octanol–water partition coefficient (Wildman–Crippen LogP) is 16.4. The zero-order chi connectivity index (χ0) is 45.7. The molecule has 12 rings (SSSR count). The fourth-order valence-electron chi connectivity index (χ4n) is 11.4. The van der Waals surface area contributed by atoms with Crippen LogP contribution in [-0.2, 0) is 5.41 Å². The number of hydrogen-bond acceptors (Lipinski definition) is 2. The lowest BCUT2D eigenvalue weighted by Crippen LogP contribution is -2.37. The number of anilines is 6. The van der Waals surface area contributed by atoms with Gasteiger partial charge < -0.3 is 9.80 Å². The summed E-state index contributed by atoms with van der Waals surface area (Å²) >= 11 is 0. The molecule has 0 aromatic heterocycles. The van der Waals surface area contributed by atoms with Crippen molar-refractivity contribution in [1.29, 1.82) is 0 Å². The second-order valence-corrected chi connectivity index (χ2v) is 30.7. The first-order valence-electron chi connectivity index (χ1n) is 23.8. The smallest absolute Gasteiger partial charge is 0.0775 e. The average molecular weight is 895 g/mol. The Labute approximate surface area is 397 Å². The first-order valence-corrected chi connectivity index (χ1v) is 30.8. The van der Waals surface area contributed by atoms with Crippen LogP contribution in [0.5, 0.6) is 0 Å². The molecule has 10 aromatic carbocycles. The molecule has 0 unspecified atom stereocenters. The molecular weight excluding hydrogens is 841 g/mol. The van der Waals surface area contributed by atoms with E-state index < -0.39 is 21.6 Å². The minimum Gasteiger partial charge on any atom is -0.310 e. The van der Waals surface area contributed by atoms with E-state index >= 15 is 0 Å². The van der Waals surface area contributed by atoms with Gasteiger partial charge in [-0.2, -0.15) is 0 Å². The van der Waals surface area contributed by atoms with Crippen molar-refractivity contribution in [3.63, 3.8) is 0 Å². The fourth-order valence-corrected chi connectivity index (χ4v) is 13.7. The molecule has 0 bridgehead atoms. The summed E-state index contributed by atoms with van der Waals surface area (Å²) in [4.78, 5) is 4.92. The molecule has 0 N–H and O–H groups in total. The van der Waals surface area contributed by atoms with Crippen LogP contribution in [0.3, 0.4) is 0 Å². The molecule has 0 saturated heterocycles. The van der Waals surface area contributed by atoms with Gasteiger partial charge >= 0.3 is 0 Å². The van der Waals surface area contributed by atoms with E-state index in [0.717, 1.165) is 28.4 Å². The molecule has 1 spiro atoms. The first kappa shape index (κ1) is 41.2. The SMILES string of the molecule is C[Si](C)(C)c1ccc(N(c2ccccc2)c2ccc3c4c(ccc3c2)-c2c(cc(N(c3ccccc3)c3ccc([Si](C)(C)C)cc3)c3ccccc23)C42c3ccccc3-c3ccccc32)cc1. The number of hydrogen-bond donors (Lipinski definition) is 0. The molecule has 0 saturated carbocycles. The molecule has 0 heterocycles. The van der Waals surface area contributed by atoms with Gasteiger partial charge in [0.25, 0.3) is 0 Å². The number of nitrogens with zero attached hydrogens (tertiary/aromatic N) is 2. The average Bonchev–Trinajstić information content (AvgIpc) is 3.82. The molecule has 2 nitrogen and oxygen atoms in total. The molecule has 0 atom stereocenters. The largest absolute Gasteiger partial charge is 0.310 e. The van der Waals surface area contributed by atoms with Crippen molar-refractivity contribution < 1.29 is 0 Å². The summed E-state index contributed by atoms with van der Waals surface area (Å²) < 4.78 is 0. The van der Waals surface area contributed by atoms with Gasteiger partial charge in [0, 0.05) is 33.8 Å². The standard InChI is InChI=1S/C63H54N2Si2/c1-66(2,3)49-35-30-46(31-36-49)64(44-19-9-7-10-20-44)48-34-40-51-43(41-48)29-39-56-61-55-26-14-13-25-54(55)60(65(45-21-11-8-12-22-45)47-32-37-50(38-33-47)67(4,5)6)42-59(61)63(62(51)56)57-27-17-15-23-52(57)53-24-16-18-28-58(53)63/h7-42H,1-6H3. The third-order valence-electron chi connectivity index (χ3n) is 14.5. The lowest BCUT2D eigenvalue weighted by Gasteiger charge is -2.34. The van der Waals surface area contributed by atoms with Crippen molar-refractivity contribution in [3.05, 3.63) is 241 Å². The molecule has 67 heavy (non-hydrogen) atoms. The molecule has 2 aliphatic carbocycles. The monoisotopic (exact) mass is 894 g/mol. The first-order chi connectivity index (χ1) is 32.5. The van der Waals surface area contributed by atoms with E-state index in [-0.39, 0.29) is 0 Å². The van der Waals surface area contributed by atoms with Crippen molar-refractivity contribution >= 4 is 82.2 Å². The molecule has 2 aliphatic rings. The summed E-state index contributed by atoms with van der Waals surface area (Å²) in [5, 5.41) is 7.92. The summed E-state index contributed by atoms with van der Waals surface area (Å²) in [6.45, 7) is 14.5. The normalized spacial score (nSPS) is 13.3. The predicted molar refractivity (Wildman–Crippen MR) is 293 cm³/mol. The number of rotatable bonds is 8. The quantitative estimate of drug-likeness (QED) is 0.140. The van der Waals surface area contributed by atoms with Gasteiger partial charge in [0.15, 0.2) is 0 Å². The van der Waals surface area contributed by atoms with Crippen molar-refractivity contribution in [2.45, 2.75) is 44.7 Å². The summed E-state index contributed by atoms with van der Waals surface area (Å²) in [7, 11) is -3.01. The Morgan fingerprint density at radius 1 is 0.328 bits per heavy atom. The minimum atomic E-state index is -1.53. The molecule has 10 aromatic rings. The van der Waals surface area contributed by atoms with Crippen LogP contribution in [0.15, 0.2) is 218 Å². The lowest BCUT2D eigenvalue weighted by molar-refractivity contribution is 0.802. The van der Waals surface area contributed by atoms with Crippen LogP contribution in [-0.4, -0.2) is 16.1 Å². The third-order valence-corrected chi connectivity index (χ3v) is 18.7. The van der Waals surface area contributed by atoms with Gasteiger partial charge in [-0.25, -0.2) is 0 Å². The van der Waals surface area contributed by atoms with Crippen LogP contribution < -0.4 is 20.2 Å². The molecular formula is C63H54N2Si2. The van der Waals surface area contributed by atoms with Gasteiger partial charge in [0.05, 0.1) is 27.3 Å². The number of benzene rings is 10. The summed E-state index contributed by atoms with van der Waals surface area (Å²) in [6.07, 6.45) is 0. The zero-order valence-electron chi connectivity index (χ0n) is 39.2. The molecule has 0 fully saturated rings. The van der Waals surface area contributed by atoms with Gasteiger partial charge in [-0.1, -0.05) is 201 Å². The Kier molecular flexibility index (Phi) is 9.48. The van der Waals surface area contributed by atoms with E-state index in [0.29, 0.717) is 0 Å². The zero-order valence-corrected chi connectivity index (χ0v) is 41.2. The molecule has 0 radical (unpaired) electrons. The highest BCUT2D eigenvalue weighted by Crippen LogP contribution is 2.66. The topological polar surface area (TPSA) is 6.48 Å². The second kappa shape index (κ2) is 15.4. The summed E-state index contributed by atoms with van der Waals surface area (Å²) in [5.41, 5.74) is 17.0. The van der Waals surface area contributed by atoms with Crippen LogP contribution in [0.4, 0.5) is 34.1 Å². The van der Waals surface area contributed by atoms with Gasteiger partial charge in [-0.15, -0.1) is 0 Å². The van der Waals surface area contributed by atoms with Crippen molar-refractivity contribution in [2.75, 3.05) is 9.80 Å². The van der Waals surface area contributed by atoms with Crippen LogP contribution in [0, 0.1) is 0 Å².